The van der Waals surface area contributed by atoms with Gasteiger partial charge in [0.15, 0.2) is 0 Å². The van der Waals surface area contributed by atoms with Crippen molar-refractivity contribution in [3.8, 4) is 11.5 Å². The fourth-order valence-electron chi connectivity index (χ4n) is 6.45. The van der Waals surface area contributed by atoms with E-state index < -0.39 is 11.9 Å². The van der Waals surface area contributed by atoms with Crippen molar-refractivity contribution in [1.82, 2.24) is 9.80 Å². The van der Waals surface area contributed by atoms with Gasteiger partial charge >= 0.3 is 11.9 Å². The van der Waals surface area contributed by atoms with Gasteiger partial charge in [-0.2, -0.15) is 0 Å². The number of carbonyl (C=O) groups is 2. The Morgan fingerprint density at radius 2 is 1.04 bits per heavy atom. The highest BCUT2D eigenvalue weighted by molar-refractivity contribution is 6.32. The summed E-state index contributed by atoms with van der Waals surface area (Å²) in [5, 5.41) is 0.685. The molecule has 0 spiro atoms. The zero-order valence-corrected chi connectivity index (χ0v) is 27.4. The van der Waals surface area contributed by atoms with E-state index in [9.17, 15) is 9.59 Å². The van der Waals surface area contributed by atoms with Gasteiger partial charge in [-0.05, 0) is 84.6 Å². The molecule has 6 nitrogen and oxygen atoms in total. The number of carbonyl (C=O) groups excluding carboxylic acids is 2. The van der Waals surface area contributed by atoms with Crippen LogP contribution in [0.15, 0.2) is 97.1 Å². The maximum absolute atomic E-state index is 12.9. The van der Waals surface area contributed by atoms with Gasteiger partial charge < -0.3 is 19.3 Å². The number of likely N-dealkylation sites (N-methyl/N-ethyl adjacent to an activating group) is 2. The molecule has 0 fully saturated rings. The number of halogens is 2. The summed E-state index contributed by atoms with van der Waals surface area (Å²) in [7, 11) is 4.21. The number of ether oxygens (including phenoxy) is 2. The summed E-state index contributed by atoms with van der Waals surface area (Å²) in [5.41, 5.74) is 6.76. The first kappa shape index (κ1) is 32.0. The van der Waals surface area contributed by atoms with Gasteiger partial charge in [-0.15, -0.1) is 0 Å². The first-order valence-corrected chi connectivity index (χ1v) is 16.2. The van der Waals surface area contributed by atoms with Crippen LogP contribution in [0.25, 0.3) is 0 Å². The van der Waals surface area contributed by atoms with Gasteiger partial charge in [0.1, 0.15) is 11.5 Å². The molecular formula is C38H36Cl2N2O4. The number of rotatable bonds is 6. The lowest BCUT2D eigenvalue weighted by Gasteiger charge is -2.22. The molecule has 0 aliphatic carbocycles. The predicted octanol–water partition coefficient (Wildman–Crippen LogP) is 7.30. The van der Waals surface area contributed by atoms with E-state index in [-0.39, 0.29) is 23.3 Å². The highest BCUT2D eigenvalue weighted by atomic mass is 35.5. The zero-order valence-electron chi connectivity index (χ0n) is 25.9. The van der Waals surface area contributed by atoms with Gasteiger partial charge in [-0.1, -0.05) is 83.9 Å². The van der Waals surface area contributed by atoms with E-state index in [4.69, 9.17) is 32.7 Å². The van der Waals surface area contributed by atoms with Crippen molar-refractivity contribution in [2.75, 3.05) is 40.3 Å². The Labute approximate surface area is 280 Å². The van der Waals surface area contributed by atoms with Gasteiger partial charge in [0.2, 0.25) is 0 Å². The van der Waals surface area contributed by atoms with Crippen LogP contribution >= 0.6 is 23.2 Å². The molecule has 236 valence electrons. The van der Waals surface area contributed by atoms with Gasteiger partial charge in [-0.3, -0.25) is 0 Å². The number of esters is 2. The highest BCUT2D eigenvalue weighted by Crippen LogP contribution is 2.39. The van der Waals surface area contributed by atoms with Crippen LogP contribution in [0.2, 0.25) is 10.0 Å². The predicted molar refractivity (Wildman–Crippen MR) is 182 cm³/mol. The molecular weight excluding hydrogens is 619 g/mol. The van der Waals surface area contributed by atoms with Gasteiger partial charge in [0, 0.05) is 50.2 Å². The van der Waals surface area contributed by atoms with Crippen molar-refractivity contribution in [3.05, 3.63) is 141 Å². The second-order valence-electron chi connectivity index (χ2n) is 12.1. The monoisotopic (exact) mass is 654 g/mol. The van der Waals surface area contributed by atoms with Crippen LogP contribution in [0.5, 0.6) is 11.5 Å². The SMILES string of the molecule is CN1CCc2cc(Cl)c(OC(=O)/C=C\C(=O)Oc3cc4c(cc3Cl)CCN(C)C[C@@H]4c3ccccc3)cc2[C@@H](c2ccccc2)C1. The molecule has 2 heterocycles. The lowest BCUT2D eigenvalue weighted by Crippen LogP contribution is -2.24. The number of hydrogen-bond acceptors (Lipinski definition) is 6. The van der Waals surface area contributed by atoms with Crippen LogP contribution in [0, 0.1) is 0 Å². The van der Waals surface area contributed by atoms with Crippen molar-refractivity contribution < 1.29 is 19.1 Å². The van der Waals surface area contributed by atoms with E-state index in [1.165, 1.54) is 11.1 Å². The van der Waals surface area contributed by atoms with E-state index >= 15 is 0 Å². The lowest BCUT2D eigenvalue weighted by atomic mass is 9.88. The molecule has 0 saturated heterocycles. The minimum absolute atomic E-state index is 0.0940. The second kappa shape index (κ2) is 14.2. The summed E-state index contributed by atoms with van der Waals surface area (Å²) in [6.45, 7) is 3.45. The van der Waals surface area contributed by atoms with Crippen LogP contribution in [-0.2, 0) is 22.4 Å². The summed E-state index contributed by atoms with van der Waals surface area (Å²) in [6.07, 6.45) is 3.77. The van der Waals surface area contributed by atoms with Gasteiger partial charge in [0.25, 0.3) is 0 Å². The first-order valence-electron chi connectivity index (χ1n) is 15.5. The maximum Gasteiger partial charge on any atom is 0.336 e. The Hall–Kier alpha value is -3.94. The van der Waals surface area contributed by atoms with Crippen molar-refractivity contribution in [2.24, 2.45) is 0 Å². The van der Waals surface area contributed by atoms with Crippen molar-refractivity contribution in [3.63, 3.8) is 0 Å². The Balaban J connectivity index is 1.18. The first-order chi connectivity index (χ1) is 22.2. The Morgan fingerprint density at radius 3 is 1.43 bits per heavy atom. The van der Waals surface area contributed by atoms with Crippen molar-refractivity contribution in [2.45, 2.75) is 24.7 Å². The second-order valence-corrected chi connectivity index (χ2v) is 12.9. The topological polar surface area (TPSA) is 59.1 Å². The number of benzene rings is 4. The van der Waals surface area contributed by atoms with E-state index in [0.29, 0.717) is 10.0 Å². The number of hydrogen-bond donors (Lipinski definition) is 0. The molecule has 2 aliphatic heterocycles. The fraction of sp³-hybridized carbons (Fsp3) is 0.263. The van der Waals surface area contributed by atoms with Gasteiger partial charge in [0.05, 0.1) is 10.0 Å². The van der Waals surface area contributed by atoms with Crippen LogP contribution in [0.1, 0.15) is 45.2 Å². The summed E-state index contributed by atoms with van der Waals surface area (Å²) in [6, 6.07) is 28.0. The number of fused-ring (bicyclic) bond motifs is 2. The van der Waals surface area contributed by atoms with Crippen LogP contribution in [0.4, 0.5) is 0 Å². The normalized spacial score (nSPS) is 18.7. The molecule has 0 aromatic heterocycles. The smallest absolute Gasteiger partial charge is 0.336 e. The zero-order chi connectivity index (χ0) is 32.2. The van der Waals surface area contributed by atoms with Crippen LogP contribution < -0.4 is 9.47 Å². The Morgan fingerprint density at radius 1 is 0.652 bits per heavy atom. The third-order valence-electron chi connectivity index (χ3n) is 8.83. The molecule has 0 N–H and O–H groups in total. The third-order valence-corrected chi connectivity index (χ3v) is 9.42. The molecule has 6 rings (SSSR count). The highest BCUT2D eigenvalue weighted by Gasteiger charge is 2.27. The summed E-state index contributed by atoms with van der Waals surface area (Å²) < 4.78 is 11.3. The average molecular weight is 656 g/mol. The Bertz CT molecular complexity index is 1630. The molecule has 0 unspecified atom stereocenters. The summed E-state index contributed by atoms with van der Waals surface area (Å²) in [4.78, 5) is 30.3. The average Bonchev–Trinajstić information content (AvgIpc) is 3.32. The molecule has 0 bridgehead atoms. The molecule has 0 saturated carbocycles. The largest absolute Gasteiger partial charge is 0.422 e. The van der Waals surface area contributed by atoms with Gasteiger partial charge in [-0.25, -0.2) is 9.59 Å². The standard InChI is InChI=1S/C38H36Cl2N2O4/c1-41-17-15-27-19-33(39)35(21-29(27)31(23-41)25-9-5-3-6-10-25)45-37(43)13-14-38(44)46-36-22-30-28(20-34(36)40)16-18-42(2)24-32(30)26-11-7-4-8-12-26/h3-14,19-22,31-32H,15-18,23-24H2,1-2H3/b14-13-/t31-,32-/m1/s1. The minimum atomic E-state index is -0.735. The molecule has 2 atom stereocenters. The van der Waals surface area contributed by atoms with Crippen LogP contribution in [0.3, 0.4) is 0 Å². The molecule has 4 aromatic carbocycles. The molecule has 0 radical (unpaired) electrons. The molecule has 2 aliphatic rings. The minimum Gasteiger partial charge on any atom is -0.422 e. The fourth-order valence-corrected chi connectivity index (χ4v) is 6.90. The van der Waals surface area contributed by atoms with E-state index in [1.807, 2.05) is 60.7 Å². The summed E-state index contributed by atoms with van der Waals surface area (Å²) >= 11 is 13.2. The van der Waals surface area contributed by atoms with E-state index in [1.54, 1.807) is 0 Å². The van der Waals surface area contributed by atoms with E-state index in [0.717, 1.165) is 73.4 Å². The Kier molecular flexibility index (Phi) is 9.90. The molecule has 4 aromatic rings. The lowest BCUT2D eigenvalue weighted by molar-refractivity contribution is -0.131. The maximum atomic E-state index is 12.9. The van der Waals surface area contributed by atoms with Crippen LogP contribution in [-0.4, -0.2) is 62.0 Å². The number of nitrogens with zero attached hydrogens (tertiary/aromatic N) is 2. The van der Waals surface area contributed by atoms with E-state index in [2.05, 4.69) is 48.2 Å². The summed E-state index contributed by atoms with van der Waals surface area (Å²) in [5.74, 6) is -0.783. The van der Waals surface area contributed by atoms with Crippen molar-refractivity contribution in [1.29, 1.82) is 0 Å². The quantitative estimate of drug-likeness (QED) is 0.124. The van der Waals surface area contributed by atoms with Crippen molar-refractivity contribution >= 4 is 35.1 Å². The molecule has 8 heteroatoms. The third kappa shape index (κ3) is 7.37. The molecule has 0 amide bonds. The molecule has 46 heavy (non-hydrogen) atoms.